The number of carboxylic acid groups (broad SMARTS) is 1. The lowest BCUT2D eigenvalue weighted by atomic mass is 10.1. The van der Waals surface area contributed by atoms with Gasteiger partial charge >= 0.3 is 5.97 Å². The number of carbonyl (C=O) groups excluding carboxylic acids is 2. The smallest absolute Gasteiger partial charge is 0.329 e. The van der Waals surface area contributed by atoms with Gasteiger partial charge in [0.25, 0.3) is 11.8 Å². The van der Waals surface area contributed by atoms with Crippen LogP contribution in [0.15, 0.2) is 30.5 Å². The van der Waals surface area contributed by atoms with Gasteiger partial charge in [-0.1, -0.05) is 0 Å². The second-order valence-corrected chi connectivity index (χ2v) is 3.75. The summed E-state index contributed by atoms with van der Waals surface area (Å²) in [5.41, 5.74) is 1.22. The molecule has 6 heteroatoms. The summed E-state index contributed by atoms with van der Waals surface area (Å²) in [5, 5.41) is 11.1. The number of imide groups is 1. The molecule has 92 valence electrons. The number of nitrogens with zero attached hydrogens (tertiary/aromatic N) is 1. The quantitative estimate of drug-likeness (QED) is 0.611. The van der Waals surface area contributed by atoms with Crippen LogP contribution in [0.4, 0.5) is 5.69 Å². The predicted molar refractivity (Wildman–Crippen MR) is 63.3 cm³/mol. The molecule has 0 radical (unpaired) electrons. The van der Waals surface area contributed by atoms with Crippen LogP contribution in [0.5, 0.6) is 0 Å². The van der Waals surface area contributed by atoms with Gasteiger partial charge in [0.2, 0.25) is 0 Å². The number of carboxylic acids is 1. The maximum Gasteiger partial charge on any atom is 0.329 e. The van der Waals surface area contributed by atoms with Gasteiger partial charge in [-0.05, 0) is 18.2 Å². The van der Waals surface area contributed by atoms with Crippen molar-refractivity contribution in [2.75, 3.05) is 12.4 Å². The van der Waals surface area contributed by atoms with E-state index < -0.39 is 5.97 Å². The van der Waals surface area contributed by atoms with Crippen molar-refractivity contribution in [2.45, 2.75) is 0 Å². The summed E-state index contributed by atoms with van der Waals surface area (Å²) in [6, 6.07) is 4.66. The third kappa shape index (κ3) is 1.95. The van der Waals surface area contributed by atoms with E-state index in [-0.39, 0.29) is 11.8 Å². The van der Waals surface area contributed by atoms with E-state index in [0.717, 1.165) is 11.0 Å². The molecule has 2 N–H and O–H groups in total. The Morgan fingerprint density at radius 1 is 1.28 bits per heavy atom. The lowest BCUT2D eigenvalue weighted by molar-refractivity contribution is -0.131. The highest BCUT2D eigenvalue weighted by atomic mass is 16.4. The van der Waals surface area contributed by atoms with Gasteiger partial charge in [-0.15, -0.1) is 0 Å². The van der Waals surface area contributed by atoms with Gasteiger partial charge in [-0.25, -0.2) is 4.79 Å². The number of fused-ring (bicyclic) bond motifs is 1. The zero-order valence-electron chi connectivity index (χ0n) is 9.51. The lowest BCUT2D eigenvalue weighted by Crippen LogP contribution is -2.24. The average Bonchev–Trinajstić information content (AvgIpc) is 2.54. The van der Waals surface area contributed by atoms with Gasteiger partial charge in [0, 0.05) is 25.0 Å². The number of anilines is 1. The van der Waals surface area contributed by atoms with Gasteiger partial charge in [0.1, 0.15) is 0 Å². The maximum absolute atomic E-state index is 11.7. The van der Waals surface area contributed by atoms with Crippen LogP contribution in [-0.4, -0.2) is 34.8 Å². The van der Waals surface area contributed by atoms with Crippen molar-refractivity contribution in [1.29, 1.82) is 0 Å². The molecule has 0 fully saturated rings. The summed E-state index contributed by atoms with van der Waals surface area (Å²) in [6.45, 7) is 0. The summed E-state index contributed by atoms with van der Waals surface area (Å²) >= 11 is 0. The number of amides is 2. The minimum Gasteiger partial charge on any atom is -0.478 e. The molecular formula is C12H10N2O4. The van der Waals surface area contributed by atoms with E-state index in [0.29, 0.717) is 16.8 Å². The Hall–Kier alpha value is -2.63. The van der Waals surface area contributed by atoms with E-state index in [1.165, 1.54) is 25.4 Å². The monoisotopic (exact) mass is 246 g/mol. The van der Waals surface area contributed by atoms with Crippen LogP contribution in [0.25, 0.3) is 0 Å². The van der Waals surface area contributed by atoms with Crippen molar-refractivity contribution in [2.24, 2.45) is 0 Å². The van der Waals surface area contributed by atoms with Gasteiger partial charge in [-0.2, -0.15) is 0 Å². The van der Waals surface area contributed by atoms with Crippen molar-refractivity contribution in [1.82, 2.24) is 4.90 Å². The number of hydrogen-bond donors (Lipinski definition) is 2. The fourth-order valence-electron chi connectivity index (χ4n) is 1.66. The fourth-order valence-corrected chi connectivity index (χ4v) is 1.66. The largest absolute Gasteiger partial charge is 0.478 e. The van der Waals surface area contributed by atoms with Crippen LogP contribution < -0.4 is 5.32 Å². The Labute approximate surface area is 103 Å². The second kappa shape index (κ2) is 4.33. The van der Waals surface area contributed by atoms with Crippen LogP contribution in [-0.2, 0) is 4.79 Å². The summed E-state index contributed by atoms with van der Waals surface area (Å²) in [7, 11) is 1.42. The van der Waals surface area contributed by atoms with Crippen molar-refractivity contribution in [3.05, 3.63) is 41.6 Å². The van der Waals surface area contributed by atoms with Crippen LogP contribution in [0.3, 0.4) is 0 Å². The molecule has 1 heterocycles. The first-order valence-corrected chi connectivity index (χ1v) is 5.13. The third-order valence-corrected chi connectivity index (χ3v) is 2.57. The molecule has 1 aliphatic heterocycles. The summed E-state index contributed by atoms with van der Waals surface area (Å²) in [5.74, 6) is -1.77. The predicted octanol–water partition coefficient (Wildman–Crippen LogP) is 0.923. The van der Waals surface area contributed by atoms with Crippen LogP contribution in [0.2, 0.25) is 0 Å². The number of rotatable bonds is 3. The zero-order chi connectivity index (χ0) is 13.3. The van der Waals surface area contributed by atoms with E-state index in [1.54, 1.807) is 6.07 Å². The molecule has 1 aromatic rings. The summed E-state index contributed by atoms with van der Waals surface area (Å²) in [6.07, 6.45) is 2.18. The summed E-state index contributed by atoms with van der Waals surface area (Å²) in [4.78, 5) is 34.6. The molecule has 0 aromatic heterocycles. The molecule has 0 bridgehead atoms. The molecular weight excluding hydrogens is 236 g/mol. The lowest BCUT2D eigenvalue weighted by Gasteiger charge is -2.02. The minimum atomic E-state index is -1.07. The Morgan fingerprint density at radius 2 is 1.94 bits per heavy atom. The normalized spacial score (nSPS) is 14.2. The minimum absolute atomic E-state index is 0.316. The number of hydrogen-bond acceptors (Lipinski definition) is 4. The van der Waals surface area contributed by atoms with Crippen LogP contribution in [0.1, 0.15) is 20.7 Å². The maximum atomic E-state index is 11.7. The third-order valence-electron chi connectivity index (χ3n) is 2.57. The second-order valence-electron chi connectivity index (χ2n) is 3.75. The highest BCUT2D eigenvalue weighted by Crippen LogP contribution is 2.24. The molecule has 2 rings (SSSR count). The molecule has 1 aromatic carbocycles. The Bertz CT molecular complexity index is 577. The van der Waals surface area contributed by atoms with Crippen molar-refractivity contribution < 1.29 is 19.5 Å². The van der Waals surface area contributed by atoms with E-state index >= 15 is 0 Å². The highest BCUT2D eigenvalue weighted by Gasteiger charge is 2.32. The first-order chi connectivity index (χ1) is 8.50. The molecule has 0 atom stereocenters. The number of benzene rings is 1. The standard InChI is InChI=1S/C12H10N2O4/c1-14-11(17)8-3-2-7(6-9(8)12(14)18)13-5-4-10(15)16/h2-6,13H,1H3,(H,15,16)/b5-4+. The van der Waals surface area contributed by atoms with Gasteiger partial charge < -0.3 is 10.4 Å². The summed E-state index contributed by atoms with van der Waals surface area (Å²) < 4.78 is 0. The molecule has 18 heavy (non-hydrogen) atoms. The molecule has 1 aliphatic rings. The van der Waals surface area contributed by atoms with E-state index in [2.05, 4.69) is 5.32 Å². The van der Waals surface area contributed by atoms with Crippen molar-refractivity contribution in [3.63, 3.8) is 0 Å². The molecule has 0 unspecified atom stereocenters. The van der Waals surface area contributed by atoms with E-state index in [9.17, 15) is 14.4 Å². The fraction of sp³-hybridized carbons (Fsp3) is 0.0833. The molecule has 0 spiro atoms. The molecule has 0 aliphatic carbocycles. The average molecular weight is 246 g/mol. The molecule has 2 amide bonds. The molecule has 0 saturated carbocycles. The van der Waals surface area contributed by atoms with Crippen molar-refractivity contribution >= 4 is 23.5 Å². The van der Waals surface area contributed by atoms with Gasteiger partial charge in [0.05, 0.1) is 11.1 Å². The van der Waals surface area contributed by atoms with E-state index in [4.69, 9.17) is 5.11 Å². The highest BCUT2D eigenvalue weighted by molar-refractivity contribution is 6.21. The van der Waals surface area contributed by atoms with Gasteiger partial charge in [0.15, 0.2) is 0 Å². The first-order valence-electron chi connectivity index (χ1n) is 5.13. The number of aliphatic carboxylic acids is 1. The SMILES string of the molecule is CN1C(=O)c2ccc(N/C=C/C(=O)O)cc2C1=O. The molecule has 0 saturated heterocycles. The number of carbonyl (C=O) groups is 3. The van der Waals surface area contributed by atoms with Crippen molar-refractivity contribution in [3.8, 4) is 0 Å². The first kappa shape index (κ1) is 11.8. The Morgan fingerprint density at radius 3 is 2.61 bits per heavy atom. The van der Waals surface area contributed by atoms with Crippen LogP contribution in [0, 0.1) is 0 Å². The topological polar surface area (TPSA) is 86.7 Å². The van der Waals surface area contributed by atoms with Crippen LogP contribution >= 0.6 is 0 Å². The number of nitrogens with one attached hydrogen (secondary N) is 1. The van der Waals surface area contributed by atoms with Gasteiger partial charge in [-0.3, -0.25) is 14.5 Å². The Kier molecular flexibility index (Phi) is 2.85. The zero-order valence-corrected chi connectivity index (χ0v) is 9.51. The molecule has 6 nitrogen and oxygen atoms in total. The van der Waals surface area contributed by atoms with E-state index in [1.807, 2.05) is 0 Å². The Balaban J connectivity index is 2.27.